The van der Waals surface area contributed by atoms with Crippen LogP contribution in [0.5, 0.6) is 0 Å². The molecule has 2 aliphatic rings. The minimum Gasteiger partial charge on any atom is -0.193 e. The van der Waals surface area contributed by atoms with Crippen LogP contribution in [0.2, 0.25) is 0 Å². The highest BCUT2D eigenvalue weighted by Gasteiger charge is 2.24. The van der Waals surface area contributed by atoms with Crippen molar-refractivity contribution in [1.82, 2.24) is 0 Å². The number of nitrogens with zero attached hydrogens (tertiary/aromatic N) is 1. The fourth-order valence-corrected chi connectivity index (χ4v) is 5.19. The highest BCUT2D eigenvalue weighted by molar-refractivity contribution is 5.11. The van der Waals surface area contributed by atoms with Gasteiger partial charge in [0.2, 0.25) is 0 Å². The van der Waals surface area contributed by atoms with E-state index in [1.807, 2.05) is 18.2 Å². The number of hydrogen-bond acceptors (Lipinski definition) is 1. The largest absolute Gasteiger partial charge is 0.193 e. The Balaban J connectivity index is 1.51. The Morgan fingerprint density at radius 1 is 0.731 bits per heavy atom. The molecule has 0 saturated heterocycles. The second kappa shape index (κ2) is 13.2. The quantitative estimate of drug-likeness (QED) is 0.288. The first-order valence-corrected chi connectivity index (χ1v) is 11.5. The molecule has 2 aliphatic carbocycles. The summed E-state index contributed by atoms with van der Waals surface area (Å²) in [4.78, 5) is 0. The Bertz CT molecular complexity index is 439. The van der Waals surface area contributed by atoms with Crippen molar-refractivity contribution in [3.63, 3.8) is 0 Å². The van der Waals surface area contributed by atoms with Crippen molar-refractivity contribution in [2.24, 2.45) is 23.7 Å². The number of nitriles is 1. The van der Waals surface area contributed by atoms with E-state index in [0.717, 1.165) is 23.7 Å². The van der Waals surface area contributed by atoms with Gasteiger partial charge >= 0.3 is 0 Å². The summed E-state index contributed by atoms with van der Waals surface area (Å²) in [7, 11) is 0. The van der Waals surface area contributed by atoms with Crippen molar-refractivity contribution in [2.75, 3.05) is 0 Å². The maximum atomic E-state index is 8.45. The lowest BCUT2D eigenvalue weighted by atomic mass is 9.74. The van der Waals surface area contributed by atoms with Crippen LogP contribution in [0, 0.1) is 35.0 Å². The van der Waals surface area contributed by atoms with Gasteiger partial charge < -0.3 is 0 Å². The van der Waals surface area contributed by atoms with Crippen molar-refractivity contribution in [3.8, 4) is 6.07 Å². The third-order valence-corrected chi connectivity index (χ3v) is 7.04. The predicted molar refractivity (Wildman–Crippen MR) is 113 cm³/mol. The Morgan fingerprint density at radius 2 is 1.23 bits per heavy atom. The van der Waals surface area contributed by atoms with Gasteiger partial charge in [-0.3, -0.25) is 0 Å². The second-order valence-corrected chi connectivity index (χ2v) is 8.99. The van der Waals surface area contributed by atoms with Crippen molar-refractivity contribution in [1.29, 1.82) is 5.26 Å². The van der Waals surface area contributed by atoms with Gasteiger partial charge in [0.15, 0.2) is 0 Å². The summed E-state index contributed by atoms with van der Waals surface area (Å²) in [6.45, 7) is 2.32. The summed E-state index contributed by atoms with van der Waals surface area (Å²) in [6, 6.07) is 2.03. The van der Waals surface area contributed by atoms with Gasteiger partial charge in [0, 0.05) is 6.08 Å². The van der Waals surface area contributed by atoms with Crippen molar-refractivity contribution < 1.29 is 0 Å². The zero-order chi connectivity index (χ0) is 18.5. The van der Waals surface area contributed by atoms with E-state index < -0.39 is 0 Å². The van der Waals surface area contributed by atoms with E-state index in [1.54, 1.807) is 6.08 Å². The lowest BCUT2D eigenvalue weighted by Crippen LogP contribution is -2.18. The van der Waals surface area contributed by atoms with Crippen molar-refractivity contribution in [3.05, 3.63) is 24.3 Å². The SMILES string of the molecule is CCCC[C@H]1CC[C@H](CC[C@H]2CC[C@H](CC/C=C/C=C/C#N)CC2)CC1. The smallest absolute Gasteiger partial charge is 0.0912 e. The molecule has 0 heterocycles. The summed E-state index contributed by atoms with van der Waals surface area (Å²) >= 11 is 0. The lowest BCUT2D eigenvalue weighted by molar-refractivity contribution is 0.209. The van der Waals surface area contributed by atoms with Crippen LogP contribution in [0.4, 0.5) is 0 Å². The average molecular weight is 356 g/mol. The van der Waals surface area contributed by atoms with E-state index in [-0.39, 0.29) is 0 Å². The van der Waals surface area contributed by atoms with E-state index in [2.05, 4.69) is 13.0 Å². The summed E-state index contributed by atoms with van der Waals surface area (Å²) in [5.74, 6) is 4.09. The first kappa shape index (κ1) is 21.3. The van der Waals surface area contributed by atoms with Crippen molar-refractivity contribution in [2.45, 2.75) is 103 Å². The molecule has 0 N–H and O–H groups in total. The highest BCUT2D eigenvalue weighted by Crippen LogP contribution is 2.38. The van der Waals surface area contributed by atoms with Crippen LogP contribution in [0.3, 0.4) is 0 Å². The molecule has 1 heteroatoms. The maximum Gasteiger partial charge on any atom is 0.0912 e. The Kier molecular flexibility index (Phi) is 10.8. The molecule has 146 valence electrons. The van der Waals surface area contributed by atoms with Gasteiger partial charge in [0.25, 0.3) is 0 Å². The second-order valence-electron chi connectivity index (χ2n) is 8.99. The third-order valence-electron chi connectivity index (χ3n) is 7.04. The first-order chi connectivity index (χ1) is 12.8. The maximum absolute atomic E-state index is 8.45. The van der Waals surface area contributed by atoms with E-state index in [4.69, 9.17) is 5.26 Å². The standard InChI is InChI=1S/C25H41N/c1-2-3-9-22-11-15-24(16-12-22)19-20-25-17-13-23(14-18-25)10-7-5-4-6-8-21-26/h4-6,8,22-25H,2-3,7,9-20H2,1H3/b5-4+,8-6+/t22-,23-,24-,25-. The molecule has 2 saturated carbocycles. The number of unbranched alkanes of at least 4 members (excludes halogenated alkanes) is 1. The van der Waals surface area contributed by atoms with E-state index >= 15 is 0 Å². The molecule has 0 amide bonds. The summed E-state index contributed by atoms with van der Waals surface area (Å²) in [5, 5.41) is 8.45. The molecule has 0 atom stereocenters. The van der Waals surface area contributed by atoms with Gasteiger partial charge in [0.05, 0.1) is 6.07 Å². The molecule has 0 aromatic carbocycles. The van der Waals surface area contributed by atoms with Gasteiger partial charge in [0.1, 0.15) is 0 Å². The van der Waals surface area contributed by atoms with Gasteiger partial charge in [-0.2, -0.15) is 5.26 Å². The lowest BCUT2D eigenvalue weighted by Gasteiger charge is -2.32. The number of hydrogen-bond donors (Lipinski definition) is 0. The molecule has 26 heavy (non-hydrogen) atoms. The summed E-state index contributed by atoms with van der Waals surface area (Å²) < 4.78 is 0. The average Bonchev–Trinajstić information content (AvgIpc) is 2.69. The molecular formula is C25H41N. The zero-order valence-corrected chi connectivity index (χ0v) is 17.2. The molecule has 2 rings (SSSR count). The highest BCUT2D eigenvalue weighted by atomic mass is 14.3. The van der Waals surface area contributed by atoms with Crippen LogP contribution < -0.4 is 0 Å². The van der Waals surface area contributed by atoms with Gasteiger partial charge in [-0.25, -0.2) is 0 Å². The summed E-state index contributed by atoms with van der Waals surface area (Å²) in [5.41, 5.74) is 0. The normalized spacial score (nSPS) is 30.0. The molecule has 2 fully saturated rings. The van der Waals surface area contributed by atoms with Gasteiger partial charge in [-0.05, 0) is 36.5 Å². The Morgan fingerprint density at radius 3 is 1.73 bits per heavy atom. The molecule has 0 aromatic rings. The fourth-order valence-electron chi connectivity index (χ4n) is 5.19. The minimum atomic E-state index is 0.949. The van der Waals surface area contributed by atoms with Gasteiger partial charge in [-0.15, -0.1) is 0 Å². The number of rotatable bonds is 10. The molecule has 0 spiro atoms. The minimum absolute atomic E-state index is 0.949. The molecule has 1 nitrogen and oxygen atoms in total. The molecule has 0 bridgehead atoms. The predicted octanol–water partition coefficient (Wildman–Crippen LogP) is 7.99. The molecule has 0 unspecified atom stereocenters. The Hall–Kier alpha value is -1.03. The monoisotopic (exact) mass is 355 g/mol. The van der Waals surface area contributed by atoms with Crippen LogP contribution in [0.1, 0.15) is 103 Å². The molecule has 0 aliphatic heterocycles. The van der Waals surface area contributed by atoms with E-state index in [1.165, 1.54) is 96.3 Å². The molecule has 0 radical (unpaired) electrons. The topological polar surface area (TPSA) is 23.8 Å². The van der Waals surface area contributed by atoms with Crippen LogP contribution in [-0.2, 0) is 0 Å². The van der Waals surface area contributed by atoms with Crippen LogP contribution in [-0.4, -0.2) is 0 Å². The van der Waals surface area contributed by atoms with Crippen molar-refractivity contribution >= 4 is 0 Å². The summed E-state index contributed by atoms with van der Waals surface area (Å²) in [6.07, 6.45) is 29.4. The first-order valence-electron chi connectivity index (χ1n) is 11.5. The fraction of sp³-hybridized carbons (Fsp3) is 0.800. The number of allylic oxidation sites excluding steroid dienone is 4. The third kappa shape index (κ3) is 8.57. The van der Waals surface area contributed by atoms with Gasteiger partial charge in [-0.1, -0.05) is 109 Å². The molecule has 0 aromatic heterocycles. The zero-order valence-electron chi connectivity index (χ0n) is 17.2. The van der Waals surface area contributed by atoms with E-state index in [0.29, 0.717) is 0 Å². The van der Waals surface area contributed by atoms with E-state index in [9.17, 15) is 0 Å². The Labute approximate surface area is 162 Å². The van der Waals surface area contributed by atoms with Crippen LogP contribution in [0.15, 0.2) is 24.3 Å². The van der Waals surface area contributed by atoms with Crippen LogP contribution in [0.25, 0.3) is 0 Å². The molecular weight excluding hydrogens is 314 g/mol. The van der Waals surface area contributed by atoms with Crippen LogP contribution >= 0.6 is 0 Å².